The summed E-state index contributed by atoms with van der Waals surface area (Å²) in [5.41, 5.74) is 2.12. The zero-order valence-corrected chi connectivity index (χ0v) is 12.8. The zero-order chi connectivity index (χ0) is 15.7. The molecule has 0 aromatic heterocycles. The second-order valence-corrected chi connectivity index (χ2v) is 5.76. The molecule has 1 atom stereocenters. The number of hydrogen-bond donors (Lipinski definition) is 0. The highest BCUT2D eigenvalue weighted by Crippen LogP contribution is 2.36. The van der Waals surface area contributed by atoms with Gasteiger partial charge in [-0.05, 0) is 44.3 Å². The number of fused-ring (bicyclic) bond motifs is 1. The van der Waals surface area contributed by atoms with Crippen molar-refractivity contribution < 1.29 is 9.18 Å². The van der Waals surface area contributed by atoms with E-state index in [0.717, 1.165) is 17.7 Å². The molecule has 0 bridgehead atoms. The van der Waals surface area contributed by atoms with Crippen LogP contribution in [-0.4, -0.2) is 31.4 Å². The summed E-state index contributed by atoms with van der Waals surface area (Å²) >= 11 is 0. The minimum atomic E-state index is -0.472. The summed E-state index contributed by atoms with van der Waals surface area (Å²) in [5.74, 6) is -0.748. The van der Waals surface area contributed by atoms with Crippen LogP contribution in [0.25, 0.3) is 0 Å². The first kappa shape index (κ1) is 14.7. The maximum Gasteiger partial charge on any atom is 0.261 e. The second-order valence-electron chi connectivity index (χ2n) is 5.76. The monoisotopic (exact) mass is 298 g/mol. The van der Waals surface area contributed by atoms with E-state index in [4.69, 9.17) is 0 Å². The Bertz CT molecular complexity index is 699. The van der Waals surface area contributed by atoms with Gasteiger partial charge in [0.25, 0.3) is 5.91 Å². The third-order valence-electron chi connectivity index (χ3n) is 4.19. The van der Waals surface area contributed by atoms with Crippen LogP contribution in [0.15, 0.2) is 48.5 Å². The van der Waals surface area contributed by atoms with Crippen LogP contribution in [0.2, 0.25) is 0 Å². The minimum absolute atomic E-state index is 0.126. The summed E-state index contributed by atoms with van der Waals surface area (Å²) in [6.45, 7) is 0.590. The van der Waals surface area contributed by atoms with Gasteiger partial charge < -0.3 is 9.80 Å². The van der Waals surface area contributed by atoms with E-state index in [-0.39, 0.29) is 17.5 Å². The first-order valence-corrected chi connectivity index (χ1v) is 7.41. The zero-order valence-electron chi connectivity index (χ0n) is 12.8. The van der Waals surface area contributed by atoms with Gasteiger partial charge in [0, 0.05) is 18.3 Å². The van der Waals surface area contributed by atoms with Gasteiger partial charge in [0.15, 0.2) is 0 Å². The summed E-state index contributed by atoms with van der Waals surface area (Å²) < 4.78 is 13.9. The number of benzene rings is 2. The van der Waals surface area contributed by atoms with Gasteiger partial charge in [-0.15, -0.1) is 0 Å². The summed E-state index contributed by atoms with van der Waals surface area (Å²) in [6, 6.07) is 14.3. The van der Waals surface area contributed by atoms with Crippen molar-refractivity contribution in [1.82, 2.24) is 4.90 Å². The molecule has 0 saturated heterocycles. The molecule has 1 unspecified atom stereocenters. The van der Waals surface area contributed by atoms with Crippen molar-refractivity contribution in [2.24, 2.45) is 0 Å². The molecule has 3 rings (SSSR count). The Morgan fingerprint density at radius 2 is 1.82 bits per heavy atom. The first-order valence-electron chi connectivity index (χ1n) is 7.41. The predicted octanol–water partition coefficient (Wildman–Crippen LogP) is 3.48. The molecule has 0 N–H and O–H groups in total. The Labute approximate surface area is 130 Å². The van der Waals surface area contributed by atoms with Gasteiger partial charge in [-0.2, -0.15) is 0 Å². The highest BCUT2D eigenvalue weighted by Gasteiger charge is 2.30. The van der Waals surface area contributed by atoms with Crippen LogP contribution in [0.5, 0.6) is 0 Å². The smallest absolute Gasteiger partial charge is 0.261 e. The molecule has 0 fully saturated rings. The van der Waals surface area contributed by atoms with Crippen molar-refractivity contribution in [3.63, 3.8) is 0 Å². The molecule has 0 saturated carbocycles. The van der Waals surface area contributed by atoms with Crippen molar-refractivity contribution >= 4 is 11.6 Å². The maximum absolute atomic E-state index is 13.9. The molecule has 114 valence electrons. The molecule has 22 heavy (non-hydrogen) atoms. The topological polar surface area (TPSA) is 23.6 Å². The van der Waals surface area contributed by atoms with Crippen LogP contribution in [0.3, 0.4) is 0 Å². The van der Waals surface area contributed by atoms with Crippen molar-refractivity contribution in [1.29, 1.82) is 0 Å². The van der Waals surface area contributed by atoms with E-state index in [1.165, 1.54) is 12.1 Å². The summed E-state index contributed by atoms with van der Waals surface area (Å²) in [7, 11) is 4.07. The van der Waals surface area contributed by atoms with Gasteiger partial charge in [0.2, 0.25) is 0 Å². The third-order valence-corrected chi connectivity index (χ3v) is 4.19. The van der Waals surface area contributed by atoms with Crippen molar-refractivity contribution in [2.75, 3.05) is 25.5 Å². The third kappa shape index (κ3) is 2.50. The molecule has 1 heterocycles. The van der Waals surface area contributed by atoms with E-state index in [9.17, 15) is 9.18 Å². The van der Waals surface area contributed by atoms with Gasteiger partial charge in [-0.1, -0.05) is 30.3 Å². The molecule has 0 radical (unpaired) electrons. The Morgan fingerprint density at radius 1 is 1.14 bits per heavy atom. The fraction of sp³-hybridized carbons (Fsp3) is 0.278. The van der Waals surface area contributed by atoms with Crippen molar-refractivity contribution in [3.8, 4) is 0 Å². The van der Waals surface area contributed by atoms with Gasteiger partial charge >= 0.3 is 0 Å². The molecule has 4 heteroatoms. The van der Waals surface area contributed by atoms with Crippen molar-refractivity contribution in [2.45, 2.75) is 12.5 Å². The largest absolute Gasteiger partial charge is 0.308 e. The van der Waals surface area contributed by atoms with E-state index >= 15 is 0 Å². The Morgan fingerprint density at radius 3 is 2.55 bits per heavy atom. The Balaban J connectivity index is 2.01. The van der Waals surface area contributed by atoms with Gasteiger partial charge in [0.05, 0.1) is 5.56 Å². The standard InChI is InChI=1S/C18H19FN2O/c1-20(2)16-11-12-21(17-10-6-4-8-14(16)17)18(22)13-7-3-5-9-15(13)19/h3-10,16H,11-12H2,1-2H3. The number of hydrogen-bond acceptors (Lipinski definition) is 2. The lowest BCUT2D eigenvalue weighted by atomic mass is 9.95. The molecule has 1 amide bonds. The number of carbonyl (C=O) groups is 1. The Kier molecular flexibility index (Phi) is 3.94. The van der Waals surface area contributed by atoms with Crippen LogP contribution in [0, 0.1) is 5.82 Å². The highest BCUT2D eigenvalue weighted by molar-refractivity contribution is 6.07. The number of carbonyl (C=O) groups excluding carboxylic acids is 1. The SMILES string of the molecule is CN(C)C1CCN(C(=O)c2ccccc2F)c2ccccc21. The number of halogens is 1. The van der Waals surface area contributed by atoms with E-state index in [0.29, 0.717) is 6.54 Å². The first-order chi connectivity index (χ1) is 10.6. The number of anilines is 1. The lowest BCUT2D eigenvalue weighted by Crippen LogP contribution is -2.39. The normalized spacial score (nSPS) is 17.5. The second kappa shape index (κ2) is 5.89. The van der Waals surface area contributed by atoms with Crippen LogP contribution in [0.4, 0.5) is 10.1 Å². The average Bonchev–Trinajstić information content (AvgIpc) is 2.53. The quantitative estimate of drug-likeness (QED) is 0.847. The fourth-order valence-electron chi connectivity index (χ4n) is 3.07. The molecule has 1 aliphatic rings. The van der Waals surface area contributed by atoms with E-state index in [2.05, 4.69) is 4.90 Å². The van der Waals surface area contributed by atoms with E-state index in [1.807, 2.05) is 38.4 Å². The van der Waals surface area contributed by atoms with Crippen LogP contribution >= 0.6 is 0 Å². The predicted molar refractivity (Wildman–Crippen MR) is 85.6 cm³/mol. The van der Waals surface area contributed by atoms with Crippen LogP contribution in [0.1, 0.15) is 28.4 Å². The van der Waals surface area contributed by atoms with E-state index < -0.39 is 5.82 Å². The summed E-state index contributed by atoms with van der Waals surface area (Å²) in [5, 5.41) is 0. The van der Waals surface area contributed by atoms with Gasteiger partial charge in [-0.3, -0.25) is 4.79 Å². The molecule has 0 aliphatic carbocycles. The maximum atomic E-state index is 13.9. The minimum Gasteiger partial charge on any atom is -0.308 e. The molecular weight excluding hydrogens is 279 g/mol. The molecular formula is C18H19FN2O. The lowest BCUT2D eigenvalue weighted by molar-refractivity contribution is 0.0976. The summed E-state index contributed by atoms with van der Waals surface area (Å²) in [4.78, 5) is 16.6. The Hall–Kier alpha value is -2.20. The van der Waals surface area contributed by atoms with Crippen LogP contribution in [-0.2, 0) is 0 Å². The highest BCUT2D eigenvalue weighted by atomic mass is 19.1. The average molecular weight is 298 g/mol. The van der Waals surface area contributed by atoms with Gasteiger partial charge in [0.1, 0.15) is 5.82 Å². The molecule has 3 nitrogen and oxygen atoms in total. The molecule has 2 aromatic carbocycles. The summed E-state index contributed by atoms with van der Waals surface area (Å²) in [6.07, 6.45) is 0.838. The van der Waals surface area contributed by atoms with Crippen molar-refractivity contribution in [3.05, 3.63) is 65.5 Å². The number of nitrogens with zero attached hydrogens (tertiary/aromatic N) is 2. The number of rotatable bonds is 2. The fourth-order valence-corrected chi connectivity index (χ4v) is 3.07. The number of amides is 1. The molecule has 1 aliphatic heterocycles. The van der Waals surface area contributed by atoms with Gasteiger partial charge in [-0.25, -0.2) is 4.39 Å². The molecule has 2 aromatic rings. The van der Waals surface area contributed by atoms with E-state index in [1.54, 1.807) is 17.0 Å². The molecule has 0 spiro atoms. The number of para-hydroxylation sites is 1. The van der Waals surface area contributed by atoms with Crippen LogP contribution < -0.4 is 4.90 Å². The lowest BCUT2D eigenvalue weighted by Gasteiger charge is -2.37.